The Kier molecular flexibility index (Phi) is 5.70. The van der Waals surface area contributed by atoms with Crippen LogP contribution in [0.3, 0.4) is 0 Å². The molecule has 0 spiro atoms. The first-order valence-corrected chi connectivity index (χ1v) is 9.10. The van der Waals surface area contributed by atoms with E-state index in [-0.39, 0.29) is 34.9 Å². The molecule has 2 aliphatic rings. The molecule has 3 rings (SSSR count). The summed E-state index contributed by atoms with van der Waals surface area (Å²) in [4.78, 5) is 38.8. The van der Waals surface area contributed by atoms with Crippen molar-refractivity contribution < 1.29 is 14.5 Å². The fraction of sp³-hybridized carbons (Fsp3) is 0.556. The van der Waals surface area contributed by atoms with Crippen LogP contribution < -0.4 is 10.2 Å². The van der Waals surface area contributed by atoms with Crippen LogP contribution in [0, 0.1) is 16.0 Å². The molecule has 0 atom stereocenters. The van der Waals surface area contributed by atoms with Crippen LogP contribution in [0.15, 0.2) is 24.3 Å². The monoisotopic (exact) mass is 360 g/mol. The molecule has 1 aliphatic heterocycles. The maximum absolute atomic E-state index is 12.3. The Hall–Kier alpha value is -2.64. The first kappa shape index (κ1) is 18.2. The van der Waals surface area contributed by atoms with E-state index in [9.17, 15) is 19.7 Å². The zero-order valence-electron chi connectivity index (χ0n) is 14.7. The predicted molar refractivity (Wildman–Crippen MR) is 96.9 cm³/mol. The Bertz CT molecular complexity index is 680. The quantitative estimate of drug-likeness (QED) is 0.635. The molecule has 8 heteroatoms. The number of carbonyl (C=O) groups excluding carboxylic acids is 2. The lowest BCUT2D eigenvalue weighted by atomic mass is 10.1. The van der Waals surface area contributed by atoms with Crippen molar-refractivity contribution in [3.63, 3.8) is 0 Å². The van der Waals surface area contributed by atoms with Crippen molar-refractivity contribution in [2.75, 3.05) is 37.6 Å². The molecular formula is C18H24N4O4. The number of para-hydroxylation sites is 2. The second-order valence-corrected chi connectivity index (χ2v) is 6.81. The van der Waals surface area contributed by atoms with Crippen LogP contribution in [-0.4, -0.2) is 54.4 Å². The number of anilines is 1. The number of nitro benzene ring substituents is 1. The molecule has 0 bridgehead atoms. The average Bonchev–Trinajstić information content (AvgIpc) is 3.21. The number of rotatable bonds is 5. The number of hydrogen-bond acceptors (Lipinski definition) is 5. The minimum absolute atomic E-state index is 0.0191. The van der Waals surface area contributed by atoms with Gasteiger partial charge < -0.3 is 15.1 Å². The van der Waals surface area contributed by atoms with E-state index in [1.807, 2.05) is 4.90 Å². The number of carbonyl (C=O) groups is 2. The molecule has 1 aromatic carbocycles. The third kappa shape index (κ3) is 4.12. The molecule has 1 saturated carbocycles. The van der Waals surface area contributed by atoms with Crippen molar-refractivity contribution in [2.24, 2.45) is 5.92 Å². The van der Waals surface area contributed by atoms with Gasteiger partial charge in [0.1, 0.15) is 5.69 Å². The summed E-state index contributed by atoms with van der Waals surface area (Å²) < 4.78 is 0. The summed E-state index contributed by atoms with van der Waals surface area (Å²) >= 11 is 0. The zero-order valence-corrected chi connectivity index (χ0v) is 14.7. The minimum Gasteiger partial charge on any atom is -0.362 e. The Morgan fingerprint density at radius 1 is 1.12 bits per heavy atom. The van der Waals surface area contributed by atoms with Gasteiger partial charge in [0, 0.05) is 38.2 Å². The van der Waals surface area contributed by atoms with Crippen molar-refractivity contribution >= 4 is 23.2 Å². The minimum atomic E-state index is -0.384. The molecule has 2 amide bonds. The maximum Gasteiger partial charge on any atom is 0.292 e. The highest BCUT2D eigenvalue weighted by molar-refractivity contribution is 5.86. The van der Waals surface area contributed by atoms with Gasteiger partial charge in [-0.2, -0.15) is 0 Å². The summed E-state index contributed by atoms with van der Waals surface area (Å²) in [7, 11) is 0. The van der Waals surface area contributed by atoms with E-state index in [0.717, 1.165) is 25.7 Å². The Balaban J connectivity index is 1.49. The summed E-state index contributed by atoms with van der Waals surface area (Å²) in [6.45, 7) is 2.08. The number of nitrogens with one attached hydrogen (secondary N) is 1. The summed E-state index contributed by atoms with van der Waals surface area (Å²) in [5.74, 6) is -0.0637. The largest absolute Gasteiger partial charge is 0.362 e. The summed E-state index contributed by atoms with van der Waals surface area (Å²) in [6.07, 6.45) is 3.99. The molecule has 0 radical (unpaired) electrons. The van der Waals surface area contributed by atoms with Crippen LogP contribution in [0.1, 0.15) is 25.7 Å². The molecule has 26 heavy (non-hydrogen) atoms. The molecular weight excluding hydrogens is 336 g/mol. The first-order chi connectivity index (χ1) is 12.6. The fourth-order valence-corrected chi connectivity index (χ4v) is 3.69. The van der Waals surface area contributed by atoms with Crippen molar-refractivity contribution in [3.8, 4) is 0 Å². The summed E-state index contributed by atoms with van der Waals surface area (Å²) in [6, 6.07) is 6.65. The number of amides is 2. The Morgan fingerprint density at radius 2 is 1.77 bits per heavy atom. The second-order valence-electron chi connectivity index (χ2n) is 6.81. The molecule has 1 saturated heterocycles. The van der Waals surface area contributed by atoms with E-state index in [1.54, 1.807) is 23.1 Å². The Morgan fingerprint density at radius 3 is 2.42 bits per heavy atom. The van der Waals surface area contributed by atoms with Crippen molar-refractivity contribution in [2.45, 2.75) is 25.7 Å². The molecule has 1 heterocycles. The van der Waals surface area contributed by atoms with E-state index >= 15 is 0 Å². The van der Waals surface area contributed by atoms with Crippen LogP contribution in [-0.2, 0) is 9.59 Å². The molecule has 2 fully saturated rings. The highest BCUT2D eigenvalue weighted by Crippen LogP contribution is 2.28. The summed E-state index contributed by atoms with van der Waals surface area (Å²) in [5.41, 5.74) is 0.662. The highest BCUT2D eigenvalue weighted by Gasteiger charge is 2.27. The lowest BCUT2D eigenvalue weighted by Crippen LogP contribution is -2.51. The van der Waals surface area contributed by atoms with Gasteiger partial charge in [-0.05, 0) is 18.9 Å². The fourth-order valence-electron chi connectivity index (χ4n) is 3.69. The second kappa shape index (κ2) is 8.16. The number of piperazine rings is 1. The molecule has 1 aromatic rings. The maximum atomic E-state index is 12.3. The van der Waals surface area contributed by atoms with Gasteiger partial charge in [0.2, 0.25) is 11.8 Å². The van der Waals surface area contributed by atoms with Gasteiger partial charge in [0.15, 0.2) is 0 Å². The standard InChI is InChI=1S/C18H24N4O4/c23-17(13-19-18(24)14-5-1-2-6-14)21-11-9-20(10-12-21)15-7-3-4-8-16(15)22(25)26/h3-4,7-8,14H,1-2,5-6,9-13H2,(H,19,24). The van der Waals surface area contributed by atoms with E-state index in [0.29, 0.717) is 31.9 Å². The topological polar surface area (TPSA) is 95.8 Å². The smallest absolute Gasteiger partial charge is 0.292 e. The van der Waals surface area contributed by atoms with Crippen LogP contribution >= 0.6 is 0 Å². The molecule has 8 nitrogen and oxygen atoms in total. The number of nitro groups is 1. The molecule has 1 N–H and O–H groups in total. The van der Waals surface area contributed by atoms with Crippen LogP contribution in [0.2, 0.25) is 0 Å². The third-order valence-corrected chi connectivity index (χ3v) is 5.19. The number of benzene rings is 1. The van der Waals surface area contributed by atoms with Gasteiger partial charge in [-0.1, -0.05) is 25.0 Å². The average molecular weight is 360 g/mol. The highest BCUT2D eigenvalue weighted by atomic mass is 16.6. The third-order valence-electron chi connectivity index (χ3n) is 5.19. The number of hydrogen-bond donors (Lipinski definition) is 1. The van der Waals surface area contributed by atoms with Gasteiger partial charge in [-0.15, -0.1) is 0 Å². The predicted octanol–water partition coefficient (Wildman–Crippen LogP) is 1.55. The van der Waals surface area contributed by atoms with E-state index in [2.05, 4.69) is 5.32 Å². The van der Waals surface area contributed by atoms with Crippen molar-refractivity contribution in [1.29, 1.82) is 0 Å². The van der Waals surface area contributed by atoms with E-state index in [4.69, 9.17) is 0 Å². The van der Waals surface area contributed by atoms with Crippen molar-refractivity contribution in [3.05, 3.63) is 34.4 Å². The van der Waals surface area contributed by atoms with E-state index < -0.39 is 0 Å². The van der Waals surface area contributed by atoms with Crippen LogP contribution in [0.25, 0.3) is 0 Å². The zero-order chi connectivity index (χ0) is 18.5. The normalized spacial score (nSPS) is 18.0. The van der Waals surface area contributed by atoms with Crippen LogP contribution in [0.5, 0.6) is 0 Å². The molecule has 0 unspecified atom stereocenters. The molecule has 140 valence electrons. The van der Waals surface area contributed by atoms with E-state index in [1.165, 1.54) is 6.07 Å². The number of nitrogens with zero attached hydrogens (tertiary/aromatic N) is 3. The van der Waals surface area contributed by atoms with Gasteiger partial charge in [-0.25, -0.2) is 0 Å². The van der Waals surface area contributed by atoms with Gasteiger partial charge >= 0.3 is 0 Å². The lowest BCUT2D eigenvalue weighted by molar-refractivity contribution is -0.384. The SMILES string of the molecule is O=C(NCC(=O)N1CCN(c2ccccc2[N+](=O)[O-])CC1)C1CCCC1. The first-order valence-electron chi connectivity index (χ1n) is 9.10. The van der Waals surface area contributed by atoms with Gasteiger partial charge in [-0.3, -0.25) is 19.7 Å². The molecule has 0 aromatic heterocycles. The lowest BCUT2D eigenvalue weighted by Gasteiger charge is -2.35. The molecule has 1 aliphatic carbocycles. The van der Waals surface area contributed by atoms with Crippen molar-refractivity contribution in [1.82, 2.24) is 10.2 Å². The van der Waals surface area contributed by atoms with Gasteiger partial charge in [0.05, 0.1) is 11.5 Å². The Labute approximate surface area is 152 Å². The summed E-state index contributed by atoms with van der Waals surface area (Å²) in [5, 5.41) is 13.9. The van der Waals surface area contributed by atoms with Gasteiger partial charge in [0.25, 0.3) is 5.69 Å². The van der Waals surface area contributed by atoms with Crippen LogP contribution in [0.4, 0.5) is 11.4 Å².